The van der Waals surface area contributed by atoms with Crippen molar-refractivity contribution in [3.8, 4) is 11.1 Å². The zero-order chi connectivity index (χ0) is 22.6. The highest BCUT2D eigenvalue weighted by atomic mass is 35.5. The van der Waals surface area contributed by atoms with E-state index in [9.17, 15) is 9.59 Å². The van der Waals surface area contributed by atoms with E-state index in [4.69, 9.17) is 11.6 Å². The van der Waals surface area contributed by atoms with Crippen LogP contribution in [0.2, 0.25) is 5.02 Å². The number of carbonyl (C=O) groups excluding carboxylic acids is 2. The number of nitrogens with zero attached hydrogens (tertiary/aromatic N) is 4. The third-order valence-corrected chi connectivity index (χ3v) is 7.72. The lowest BCUT2D eigenvalue weighted by Gasteiger charge is -2.49. The van der Waals surface area contributed by atoms with Gasteiger partial charge in [0.15, 0.2) is 0 Å². The highest BCUT2D eigenvalue weighted by molar-refractivity contribution is 6.33. The summed E-state index contributed by atoms with van der Waals surface area (Å²) in [5, 5.41) is 8.07. The van der Waals surface area contributed by atoms with Crippen LogP contribution in [0, 0.1) is 17.3 Å². The number of piperidine rings is 2. The van der Waals surface area contributed by atoms with Crippen LogP contribution >= 0.6 is 11.6 Å². The van der Waals surface area contributed by atoms with Gasteiger partial charge in [0.05, 0.1) is 11.2 Å². The van der Waals surface area contributed by atoms with Crippen molar-refractivity contribution in [1.82, 2.24) is 19.7 Å². The Kier molecular flexibility index (Phi) is 5.27. The second-order valence-corrected chi connectivity index (χ2v) is 10.9. The number of pyridine rings is 1. The molecule has 1 saturated carbocycles. The van der Waals surface area contributed by atoms with E-state index in [1.807, 2.05) is 21.8 Å². The Morgan fingerprint density at radius 2 is 2.06 bits per heavy atom. The van der Waals surface area contributed by atoms with Crippen molar-refractivity contribution >= 4 is 29.2 Å². The Morgan fingerprint density at radius 1 is 1.25 bits per heavy atom. The standard InChI is InChI=1S/C24H30ClN5O2/c1-14(31)29-12-15-4-5-17(29)6-16(15)7-23(32)28-22-8-18(20(25)11-26-22)19-10-27-30-13-24(2,3)9-21(19)30/h8,10-11,15-17H,4-7,9,12-13H2,1-3H3,(H,26,28,32)/t15?,16-,17?/m0/s1. The van der Waals surface area contributed by atoms with E-state index in [1.54, 1.807) is 13.1 Å². The number of hydrogen-bond acceptors (Lipinski definition) is 4. The maximum atomic E-state index is 12.8. The highest BCUT2D eigenvalue weighted by Gasteiger charge is 2.42. The molecular weight excluding hydrogens is 426 g/mol. The van der Waals surface area contributed by atoms with E-state index in [1.165, 1.54) is 5.69 Å². The van der Waals surface area contributed by atoms with Crippen LogP contribution in [0.5, 0.6) is 0 Å². The number of carbonyl (C=O) groups is 2. The summed E-state index contributed by atoms with van der Waals surface area (Å²) in [6.45, 7) is 7.78. The van der Waals surface area contributed by atoms with E-state index in [0.717, 1.165) is 49.9 Å². The number of rotatable bonds is 4. The Labute approximate surface area is 193 Å². The lowest BCUT2D eigenvalue weighted by atomic mass is 9.70. The maximum absolute atomic E-state index is 12.8. The highest BCUT2D eigenvalue weighted by Crippen LogP contribution is 2.42. The number of halogens is 1. The molecule has 2 aromatic heterocycles. The molecule has 3 aliphatic heterocycles. The third kappa shape index (κ3) is 3.91. The fourth-order valence-electron chi connectivity index (χ4n) is 5.88. The molecular formula is C24H30ClN5O2. The number of aromatic nitrogens is 3. The van der Waals surface area contributed by atoms with Crippen LogP contribution in [-0.2, 0) is 22.6 Å². The van der Waals surface area contributed by atoms with Crippen LogP contribution in [0.1, 0.15) is 52.1 Å². The molecule has 6 rings (SSSR count). The molecule has 32 heavy (non-hydrogen) atoms. The van der Waals surface area contributed by atoms with E-state index in [2.05, 4.69) is 29.2 Å². The molecule has 2 aromatic rings. The summed E-state index contributed by atoms with van der Waals surface area (Å²) in [5.74, 6) is 1.35. The molecule has 4 aliphatic rings. The Bertz CT molecular complexity index is 1080. The van der Waals surface area contributed by atoms with Gasteiger partial charge < -0.3 is 10.2 Å². The number of fused-ring (bicyclic) bond motifs is 4. The molecule has 0 aromatic carbocycles. The smallest absolute Gasteiger partial charge is 0.225 e. The van der Waals surface area contributed by atoms with Crippen molar-refractivity contribution in [1.29, 1.82) is 0 Å². The molecule has 3 fully saturated rings. The largest absolute Gasteiger partial charge is 0.340 e. The first-order valence-electron chi connectivity index (χ1n) is 11.5. The van der Waals surface area contributed by atoms with Crippen LogP contribution in [0.15, 0.2) is 18.5 Å². The van der Waals surface area contributed by atoms with Crippen molar-refractivity contribution in [2.75, 3.05) is 11.9 Å². The molecule has 2 amide bonds. The number of anilines is 1. The lowest BCUT2D eigenvalue weighted by Crippen LogP contribution is -2.54. The average Bonchev–Trinajstić information content (AvgIpc) is 3.24. The summed E-state index contributed by atoms with van der Waals surface area (Å²) < 4.78 is 2.05. The van der Waals surface area contributed by atoms with Crippen molar-refractivity contribution < 1.29 is 9.59 Å². The summed E-state index contributed by atoms with van der Waals surface area (Å²) in [7, 11) is 0. The van der Waals surface area contributed by atoms with Gasteiger partial charge in [-0.25, -0.2) is 4.98 Å². The molecule has 8 heteroatoms. The lowest BCUT2D eigenvalue weighted by molar-refractivity contribution is -0.138. The number of hydrogen-bond donors (Lipinski definition) is 1. The monoisotopic (exact) mass is 455 g/mol. The number of amides is 2. The first-order chi connectivity index (χ1) is 15.2. The van der Waals surface area contributed by atoms with Crippen molar-refractivity contribution in [2.24, 2.45) is 17.3 Å². The van der Waals surface area contributed by atoms with E-state index < -0.39 is 0 Å². The van der Waals surface area contributed by atoms with Gasteiger partial charge in [0.1, 0.15) is 5.82 Å². The second-order valence-electron chi connectivity index (χ2n) is 10.5. The molecule has 2 unspecified atom stereocenters. The molecule has 2 saturated heterocycles. The number of nitrogens with one attached hydrogen (secondary N) is 1. The van der Waals surface area contributed by atoms with Crippen LogP contribution in [0.25, 0.3) is 11.1 Å². The molecule has 170 valence electrons. The quantitative estimate of drug-likeness (QED) is 0.750. The minimum atomic E-state index is -0.0286. The average molecular weight is 456 g/mol. The fourth-order valence-corrected chi connectivity index (χ4v) is 6.09. The van der Waals surface area contributed by atoms with Gasteiger partial charge in [-0.05, 0) is 49.0 Å². The second kappa shape index (κ2) is 7.87. The van der Waals surface area contributed by atoms with E-state index >= 15 is 0 Å². The zero-order valence-corrected chi connectivity index (χ0v) is 19.7. The van der Waals surface area contributed by atoms with Gasteiger partial charge in [0.2, 0.25) is 11.8 Å². The Balaban J connectivity index is 1.28. The molecule has 0 spiro atoms. The van der Waals surface area contributed by atoms with Gasteiger partial charge >= 0.3 is 0 Å². The van der Waals surface area contributed by atoms with Gasteiger partial charge in [-0.1, -0.05) is 25.4 Å². The zero-order valence-electron chi connectivity index (χ0n) is 18.9. The van der Waals surface area contributed by atoms with Gasteiger partial charge in [0.25, 0.3) is 0 Å². The predicted molar refractivity (Wildman–Crippen MR) is 123 cm³/mol. The molecule has 7 nitrogen and oxygen atoms in total. The molecule has 2 bridgehead atoms. The minimum Gasteiger partial charge on any atom is -0.340 e. The summed E-state index contributed by atoms with van der Waals surface area (Å²) >= 11 is 6.49. The molecule has 0 radical (unpaired) electrons. The van der Waals surface area contributed by atoms with Gasteiger partial charge in [0, 0.05) is 55.5 Å². The first-order valence-corrected chi connectivity index (χ1v) is 11.9. The molecule has 3 atom stereocenters. The fraction of sp³-hybridized carbons (Fsp3) is 0.583. The topological polar surface area (TPSA) is 80.1 Å². The molecule has 5 heterocycles. The summed E-state index contributed by atoms with van der Waals surface area (Å²) in [5.41, 5.74) is 3.21. The Morgan fingerprint density at radius 3 is 2.78 bits per heavy atom. The predicted octanol–water partition coefficient (Wildman–Crippen LogP) is 4.16. The summed E-state index contributed by atoms with van der Waals surface area (Å²) in [6, 6.07) is 2.14. The summed E-state index contributed by atoms with van der Waals surface area (Å²) in [4.78, 5) is 31.0. The van der Waals surface area contributed by atoms with Gasteiger partial charge in [-0.3, -0.25) is 14.3 Å². The maximum Gasteiger partial charge on any atom is 0.225 e. The van der Waals surface area contributed by atoms with E-state index in [0.29, 0.717) is 29.1 Å². The van der Waals surface area contributed by atoms with Crippen molar-refractivity contribution in [3.63, 3.8) is 0 Å². The van der Waals surface area contributed by atoms with Crippen LogP contribution in [0.3, 0.4) is 0 Å². The van der Waals surface area contributed by atoms with Gasteiger partial charge in [-0.15, -0.1) is 0 Å². The minimum absolute atomic E-state index is 0.0286. The normalized spacial score (nSPS) is 25.6. The third-order valence-electron chi connectivity index (χ3n) is 7.42. The van der Waals surface area contributed by atoms with Gasteiger partial charge in [-0.2, -0.15) is 5.10 Å². The Hall–Kier alpha value is -2.41. The van der Waals surface area contributed by atoms with Crippen molar-refractivity contribution in [2.45, 2.75) is 65.5 Å². The van der Waals surface area contributed by atoms with Crippen molar-refractivity contribution in [3.05, 3.63) is 29.2 Å². The van der Waals surface area contributed by atoms with Crippen LogP contribution in [0.4, 0.5) is 5.82 Å². The summed E-state index contributed by atoms with van der Waals surface area (Å²) in [6.07, 6.45) is 7.92. The van der Waals surface area contributed by atoms with Crippen LogP contribution in [-0.4, -0.2) is 44.1 Å². The molecule has 1 aliphatic carbocycles. The molecule has 1 N–H and O–H groups in total. The van der Waals surface area contributed by atoms with E-state index in [-0.39, 0.29) is 23.3 Å². The van der Waals surface area contributed by atoms with Crippen LogP contribution < -0.4 is 5.32 Å². The first kappa shape index (κ1) is 21.4. The SMILES string of the molecule is CC(=O)N1CC2CCC1C[C@H]2CC(=O)Nc1cc(-c2cnn3c2CC(C)(C)C3)c(Cl)cn1.